The number of nitro benzene ring substituents is 4. The standard InChI is InChI=1S/C20H18N6O10/c1-11-9-22(20(28)14-5-17(25(33)34)8-18(6-14)26(35)36)12(2)10-21(11)19(27)13-3-15(23(29)30)7-16(4-13)24(31)32/h3-8,11-12H,9-10H2,1-2H3. The minimum absolute atomic E-state index is 0.0702. The van der Waals surface area contributed by atoms with E-state index >= 15 is 0 Å². The molecular formula is C20H18N6O10. The maximum atomic E-state index is 13.1. The molecular weight excluding hydrogens is 484 g/mol. The van der Waals surface area contributed by atoms with E-state index < -0.39 is 66.3 Å². The van der Waals surface area contributed by atoms with Gasteiger partial charge in [0.15, 0.2) is 0 Å². The fourth-order valence-electron chi connectivity index (χ4n) is 3.88. The van der Waals surface area contributed by atoms with Crippen molar-refractivity contribution in [1.82, 2.24) is 9.80 Å². The Labute approximate surface area is 201 Å². The second-order valence-electron chi connectivity index (χ2n) is 8.12. The van der Waals surface area contributed by atoms with E-state index in [1.54, 1.807) is 13.8 Å². The number of carbonyl (C=O) groups is 2. The fraction of sp³-hybridized carbons (Fsp3) is 0.300. The number of benzene rings is 2. The Kier molecular flexibility index (Phi) is 6.89. The van der Waals surface area contributed by atoms with Gasteiger partial charge < -0.3 is 9.80 Å². The van der Waals surface area contributed by atoms with Crippen LogP contribution in [0.5, 0.6) is 0 Å². The largest absolute Gasteiger partial charge is 0.332 e. The molecule has 0 aliphatic carbocycles. The van der Waals surface area contributed by atoms with Crippen LogP contribution in [0.4, 0.5) is 22.7 Å². The lowest BCUT2D eigenvalue weighted by molar-refractivity contribution is -0.394. The lowest BCUT2D eigenvalue weighted by Gasteiger charge is -2.44. The van der Waals surface area contributed by atoms with E-state index in [-0.39, 0.29) is 24.2 Å². The fourth-order valence-corrected chi connectivity index (χ4v) is 3.88. The molecule has 188 valence electrons. The summed E-state index contributed by atoms with van der Waals surface area (Å²) in [6.07, 6.45) is 0. The number of amides is 2. The van der Waals surface area contributed by atoms with E-state index in [0.717, 1.165) is 36.4 Å². The molecule has 0 saturated carbocycles. The van der Waals surface area contributed by atoms with Crippen molar-refractivity contribution in [1.29, 1.82) is 0 Å². The number of carbonyl (C=O) groups excluding carboxylic acids is 2. The Morgan fingerprint density at radius 1 is 0.611 bits per heavy atom. The van der Waals surface area contributed by atoms with Crippen molar-refractivity contribution in [3.8, 4) is 0 Å². The number of rotatable bonds is 6. The summed E-state index contributed by atoms with van der Waals surface area (Å²) in [5.74, 6) is -1.45. The van der Waals surface area contributed by atoms with E-state index in [0.29, 0.717) is 0 Å². The summed E-state index contributed by atoms with van der Waals surface area (Å²) in [7, 11) is 0. The first-order valence-corrected chi connectivity index (χ1v) is 10.3. The van der Waals surface area contributed by atoms with Crippen LogP contribution in [-0.4, -0.2) is 66.5 Å². The van der Waals surface area contributed by atoms with Crippen molar-refractivity contribution in [3.05, 3.63) is 88.0 Å². The SMILES string of the molecule is CC1CN(C(=O)c2cc([N+](=O)[O-])cc([N+](=O)[O-])c2)C(C)CN1C(=O)c1cc([N+](=O)[O-])cc([N+](=O)[O-])c1. The highest BCUT2D eigenvalue weighted by Gasteiger charge is 2.37. The molecule has 36 heavy (non-hydrogen) atoms. The third kappa shape index (κ3) is 5.06. The topological polar surface area (TPSA) is 213 Å². The van der Waals surface area contributed by atoms with Crippen LogP contribution < -0.4 is 0 Å². The summed E-state index contributed by atoms with van der Waals surface area (Å²) in [5.41, 5.74) is -3.07. The molecule has 0 N–H and O–H groups in total. The van der Waals surface area contributed by atoms with Gasteiger partial charge in [0, 0.05) is 49.4 Å². The quantitative estimate of drug-likeness (QED) is 0.416. The van der Waals surface area contributed by atoms with Crippen LogP contribution in [0, 0.1) is 40.5 Å². The van der Waals surface area contributed by atoms with Crippen molar-refractivity contribution in [3.63, 3.8) is 0 Å². The van der Waals surface area contributed by atoms with Crippen molar-refractivity contribution < 1.29 is 29.3 Å². The Hall–Kier alpha value is -5.02. The molecule has 2 unspecified atom stereocenters. The molecule has 1 fully saturated rings. The zero-order chi connectivity index (χ0) is 26.9. The highest BCUT2D eigenvalue weighted by atomic mass is 16.6. The summed E-state index contributed by atoms with van der Waals surface area (Å²) in [6.45, 7) is 3.01. The van der Waals surface area contributed by atoms with E-state index in [4.69, 9.17) is 0 Å². The second-order valence-corrected chi connectivity index (χ2v) is 8.12. The lowest BCUT2D eigenvalue weighted by atomic mass is 10.0. The summed E-state index contributed by atoms with van der Waals surface area (Å²) in [6, 6.07) is 3.84. The molecule has 2 aromatic rings. The minimum Gasteiger partial charge on any atom is -0.332 e. The molecule has 0 bridgehead atoms. The van der Waals surface area contributed by atoms with Crippen molar-refractivity contribution in [2.24, 2.45) is 0 Å². The number of non-ortho nitro benzene ring substituents is 4. The van der Waals surface area contributed by atoms with Crippen LogP contribution in [0.1, 0.15) is 34.6 Å². The monoisotopic (exact) mass is 502 g/mol. The predicted molar refractivity (Wildman–Crippen MR) is 120 cm³/mol. The van der Waals surface area contributed by atoms with Gasteiger partial charge in [0.25, 0.3) is 34.6 Å². The highest BCUT2D eigenvalue weighted by Crippen LogP contribution is 2.28. The Morgan fingerprint density at radius 3 is 1.08 bits per heavy atom. The average molecular weight is 502 g/mol. The first-order chi connectivity index (χ1) is 16.8. The summed E-state index contributed by atoms with van der Waals surface area (Å²) in [5, 5.41) is 44.6. The molecule has 16 heteroatoms. The van der Waals surface area contributed by atoms with Crippen molar-refractivity contribution in [2.45, 2.75) is 25.9 Å². The summed E-state index contributed by atoms with van der Waals surface area (Å²) in [4.78, 5) is 70.0. The normalized spacial score (nSPS) is 17.4. The van der Waals surface area contributed by atoms with Gasteiger partial charge in [-0.2, -0.15) is 0 Å². The maximum absolute atomic E-state index is 13.1. The second kappa shape index (κ2) is 9.69. The summed E-state index contributed by atoms with van der Waals surface area (Å²) < 4.78 is 0. The molecule has 0 aromatic heterocycles. The highest BCUT2D eigenvalue weighted by molar-refractivity contribution is 5.97. The molecule has 0 spiro atoms. The molecule has 16 nitrogen and oxygen atoms in total. The van der Waals surface area contributed by atoms with Crippen LogP contribution in [0.25, 0.3) is 0 Å². The lowest BCUT2D eigenvalue weighted by Crippen LogP contribution is -2.59. The Bertz CT molecular complexity index is 1150. The van der Waals surface area contributed by atoms with Gasteiger partial charge in [-0.3, -0.25) is 50.0 Å². The van der Waals surface area contributed by atoms with Crippen LogP contribution in [-0.2, 0) is 0 Å². The van der Waals surface area contributed by atoms with E-state index in [9.17, 15) is 50.0 Å². The number of piperazine rings is 1. The molecule has 1 heterocycles. The van der Waals surface area contributed by atoms with Crippen LogP contribution in [0.2, 0.25) is 0 Å². The van der Waals surface area contributed by atoms with Crippen molar-refractivity contribution >= 4 is 34.6 Å². The van der Waals surface area contributed by atoms with Gasteiger partial charge in [-0.15, -0.1) is 0 Å². The zero-order valence-electron chi connectivity index (χ0n) is 18.8. The van der Waals surface area contributed by atoms with Crippen molar-refractivity contribution in [2.75, 3.05) is 13.1 Å². The summed E-state index contributed by atoms with van der Waals surface area (Å²) >= 11 is 0. The molecule has 2 amide bonds. The van der Waals surface area contributed by atoms with E-state index in [1.807, 2.05) is 0 Å². The molecule has 3 rings (SSSR count). The van der Waals surface area contributed by atoms with Crippen LogP contribution in [0.15, 0.2) is 36.4 Å². The van der Waals surface area contributed by atoms with Gasteiger partial charge in [-0.1, -0.05) is 0 Å². The van der Waals surface area contributed by atoms with Crippen LogP contribution in [0.3, 0.4) is 0 Å². The van der Waals surface area contributed by atoms with E-state index in [1.165, 1.54) is 9.80 Å². The average Bonchev–Trinajstić information content (AvgIpc) is 2.83. The Morgan fingerprint density at radius 2 is 0.861 bits per heavy atom. The number of nitrogens with zero attached hydrogens (tertiary/aromatic N) is 6. The molecule has 1 saturated heterocycles. The Balaban J connectivity index is 1.89. The zero-order valence-corrected chi connectivity index (χ0v) is 18.8. The smallest absolute Gasteiger partial charge is 0.277 e. The molecule has 1 aliphatic heterocycles. The first-order valence-electron chi connectivity index (χ1n) is 10.3. The third-order valence-corrected chi connectivity index (χ3v) is 5.65. The number of hydrogen-bond donors (Lipinski definition) is 0. The number of nitro groups is 4. The molecule has 0 radical (unpaired) electrons. The van der Waals surface area contributed by atoms with Gasteiger partial charge in [0.2, 0.25) is 0 Å². The van der Waals surface area contributed by atoms with Gasteiger partial charge in [0.1, 0.15) is 0 Å². The van der Waals surface area contributed by atoms with Gasteiger partial charge >= 0.3 is 0 Å². The van der Waals surface area contributed by atoms with Gasteiger partial charge in [-0.05, 0) is 13.8 Å². The minimum atomic E-state index is -0.856. The number of hydrogen-bond acceptors (Lipinski definition) is 10. The van der Waals surface area contributed by atoms with Gasteiger partial charge in [0.05, 0.1) is 43.0 Å². The first kappa shape index (κ1) is 25.6. The maximum Gasteiger partial charge on any atom is 0.277 e. The molecule has 2 aromatic carbocycles. The third-order valence-electron chi connectivity index (χ3n) is 5.65. The molecule has 1 aliphatic rings. The van der Waals surface area contributed by atoms with Gasteiger partial charge in [-0.25, -0.2) is 0 Å². The predicted octanol–water partition coefficient (Wildman–Crippen LogP) is 2.69. The van der Waals surface area contributed by atoms with E-state index in [2.05, 4.69) is 0 Å². The molecule has 2 atom stereocenters. The van der Waals surface area contributed by atoms with Crippen LogP contribution >= 0.6 is 0 Å².